The molecule has 1 atom stereocenters. The third kappa shape index (κ3) is 4.67. The Morgan fingerprint density at radius 1 is 1.07 bits per heavy atom. The maximum Gasteiger partial charge on any atom is 0.288 e. The molecule has 3 rings (SSSR count). The Morgan fingerprint density at radius 3 is 2.38 bits per heavy atom. The number of ketones is 1. The first-order valence-corrected chi connectivity index (χ1v) is 8.82. The van der Waals surface area contributed by atoms with Gasteiger partial charge in [0, 0.05) is 23.4 Å². The van der Waals surface area contributed by atoms with Gasteiger partial charge in [-0.2, -0.15) is 0 Å². The fourth-order valence-corrected chi connectivity index (χ4v) is 2.74. The van der Waals surface area contributed by atoms with Crippen molar-refractivity contribution in [1.29, 1.82) is 0 Å². The Balaban J connectivity index is 1.89. The lowest BCUT2D eigenvalue weighted by Crippen LogP contribution is -2.46. The number of nitrogens with one attached hydrogen (secondary N) is 2. The number of rotatable bonds is 7. The molecule has 0 saturated heterocycles. The summed E-state index contributed by atoms with van der Waals surface area (Å²) in [6.45, 7) is 3.58. The van der Waals surface area contributed by atoms with E-state index >= 15 is 0 Å². The summed E-state index contributed by atoms with van der Waals surface area (Å²) in [6, 6.07) is 14.2. The van der Waals surface area contributed by atoms with Crippen LogP contribution in [0.1, 0.15) is 32.0 Å². The molecular weight excluding hydrogens is 374 g/mol. The number of nitrogens with zero attached hydrogens (tertiary/aromatic N) is 1. The van der Waals surface area contributed by atoms with Gasteiger partial charge in [0.25, 0.3) is 11.6 Å². The number of nitro benzene ring substituents is 1. The highest BCUT2D eigenvalue weighted by molar-refractivity contribution is 6.04. The van der Waals surface area contributed by atoms with E-state index in [2.05, 4.69) is 10.6 Å². The van der Waals surface area contributed by atoms with E-state index in [1.54, 1.807) is 37.3 Å². The van der Waals surface area contributed by atoms with Crippen LogP contribution in [-0.4, -0.2) is 22.8 Å². The van der Waals surface area contributed by atoms with E-state index in [1.165, 1.54) is 30.5 Å². The van der Waals surface area contributed by atoms with Crippen molar-refractivity contribution >= 4 is 23.1 Å². The lowest BCUT2D eigenvalue weighted by atomic mass is 10.1. The number of amides is 1. The Kier molecular flexibility index (Phi) is 5.73. The molecule has 1 heterocycles. The summed E-state index contributed by atoms with van der Waals surface area (Å²) in [7, 11) is 0. The Labute approximate surface area is 166 Å². The maximum atomic E-state index is 13.0. The molecule has 0 aliphatic rings. The number of benzene rings is 2. The van der Waals surface area contributed by atoms with Crippen molar-refractivity contribution < 1.29 is 18.9 Å². The average Bonchev–Trinajstić information content (AvgIpc) is 3.23. The minimum absolute atomic E-state index is 0.0610. The van der Waals surface area contributed by atoms with E-state index in [9.17, 15) is 19.7 Å². The van der Waals surface area contributed by atoms with Crippen LogP contribution in [0, 0.1) is 24.0 Å². The zero-order valence-electron chi connectivity index (χ0n) is 15.8. The topological polar surface area (TPSA) is 114 Å². The summed E-state index contributed by atoms with van der Waals surface area (Å²) in [5.41, 5.74) is 2.40. The van der Waals surface area contributed by atoms with Crippen molar-refractivity contribution in [3.05, 3.63) is 93.4 Å². The molecule has 0 spiro atoms. The first-order chi connectivity index (χ1) is 13.8. The minimum Gasteiger partial charge on any atom is -0.459 e. The molecule has 0 saturated carbocycles. The molecule has 0 aliphatic heterocycles. The zero-order valence-corrected chi connectivity index (χ0v) is 15.8. The number of non-ortho nitro benzene ring substituents is 1. The number of hydrogen-bond donors (Lipinski definition) is 2. The van der Waals surface area contributed by atoms with Crippen molar-refractivity contribution in [1.82, 2.24) is 5.32 Å². The van der Waals surface area contributed by atoms with Crippen LogP contribution in [0.25, 0.3) is 0 Å². The molecule has 3 aromatic rings. The van der Waals surface area contributed by atoms with E-state index in [0.29, 0.717) is 16.8 Å². The normalized spacial score (nSPS) is 11.5. The van der Waals surface area contributed by atoms with Gasteiger partial charge in [-0.25, -0.2) is 0 Å². The lowest BCUT2D eigenvalue weighted by molar-refractivity contribution is -0.384. The van der Waals surface area contributed by atoms with Gasteiger partial charge in [-0.1, -0.05) is 29.8 Å². The summed E-state index contributed by atoms with van der Waals surface area (Å²) in [4.78, 5) is 35.9. The summed E-state index contributed by atoms with van der Waals surface area (Å²) >= 11 is 0. The first kappa shape index (κ1) is 19.8. The van der Waals surface area contributed by atoms with Gasteiger partial charge in [0.2, 0.25) is 5.78 Å². The molecule has 1 unspecified atom stereocenters. The quantitative estimate of drug-likeness (QED) is 0.273. The summed E-state index contributed by atoms with van der Waals surface area (Å²) in [5.74, 6) is -0.857. The molecule has 148 valence electrons. The predicted molar refractivity (Wildman–Crippen MR) is 107 cm³/mol. The summed E-state index contributed by atoms with van der Waals surface area (Å²) in [6.07, 6.45) is 0.259. The lowest BCUT2D eigenvalue weighted by Gasteiger charge is -2.21. The van der Waals surface area contributed by atoms with Gasteiger partial charge in [-0.05, 0) is 37.6 Å². The molecule has 0 bridgehead atoms. The smallest absolute Gasteiger partial charge is 0.288 e. The Morgan fingerprint density at radius 2 is 1.79 bits per heavy atom. The molecule has 0 aliphatic carbocycles. The molecule has 1 aromatic heterocycles. The van der Waals surface area contributed by atoms with Gasteiger partial charge in [0.05, 0.1) is 11.2 Å². The van der Waals surface area contributed by atoms with Gasteiger partial charge in [0.15, 0.2) is 11.9 Å². The molecule has 2 N–H and O–H groups in total. The van der Waals surface area contributed by atoms with Crippen molar-refractivity contribution in [3.63, 3.8) is 0 Å². The number of carbonyl (C=O) groups is 2. The first-order valence-electron chi connectivity index (χ1n) is 8.82. The molecule has 2 aromatic carbocycles. The Bertz CT molecular complexity index is 1040. The Hall–Kier alpha value is -3.94. The van der Waals surface area contributed by atoms with Gasteiger partial charge in [-0.15, -0.1) is 0 Å². The third-order valence-electron chi connectivity index (χ3n) is 4.34. The maximum absolute atomic E-state index is 13.0. The van der Waals surface area contributed by atoms with E-state index in [-0.39, 0.29) is 17.2 Å². The van der Waals surface area contributed by atoms with Gasteiger partial charge in [0.1, 0.15) is 0 Å². The van der Waals surface area contributed by atoms with Gasteiger partial charge < -0.3 is 15.1 Å². The highest BCUT2D eigenvalue weighted by Crippen LogP contribution is 2.22. The van der Waals surface area contributed by atoms with E-state index in [0.717, 1.165) is 5.56 Å². The monoisotopic (exact) mass is 393 g/mol. The number of anilines is 1. The van der Waals surface area contributed by atoms with Crippen LogP contribution in [0.4, 0.5) is 11.4 Å². The molecule has 1 amide bonds. The molecule has 0 radical (unpaired) electrons. The van der Waals surface area contributed by atoms with Crippen LogP contribution in [-0.2, 0) is 0 Å². The average molecular weight is 393 g/mol. The summed E-state index contributed by atoms with van der Waals surface area (Å²) in [5, 5.41) is 16.5. The van der Waals surface area contributed by atoms with E-state index < -0.39 is 17.0 Å². The number of hydrogen-bond acceptors (Lipinski definition) is 6. The number of nitro groups is 1. The number of Topliss-reactive ketones (excluding diaryl/α,β-unsaturated/α-hetero) is 1. The standard InChI is InChI=1S/C21H19N3O5/c1-13-5-7-15(8-6-13)19(25)20(23-21(26)18-4-3-11-29-18)22-17-10-9-16(24(27)28)12-14(17)2/h3-12,20,22H,1-2H3,(H,23,26). The molecule has 8 nitrogen and oxygen atoms in total. The SMILES string of the molecule is Cc1ccc(C(=O)C(NC(=O)c2ccco2)Nc2ccc([N+](=O)[O-])cc2C)cc1. The number of carbonyl (C=O) groups excluding carboxylic acids is 2. The zero-order chi connectivity index (χ0) is 21.0. The number of furan rings is 1. The van der Waals surface area contributed by atoms with Crippen LogP contribution >= 0.6 is 0 Å². The summed E-state index contributed by atoms with van der Waals surface area (Å²) < 4.78 is 5.09. The highest BCUT2D eigenvalue weighted by Gasteiger charge is 2.24. The second-order valence-corrected chi connectivity index (χ2v) is 6.51. The molecule has 29 heavy (non-hydrogen) atoms. The second-order valence-electron chi connectivity index (χ2n) is 6.51. The van der Waals surface area contributed by atoms with E-state index in [1.807, 2.05) is 6.92 Å². The van der Waals surface area contributed by atoms with Crippen LogP contribution in [0.15, 0.2) is 65.3 Å². The van der Waals surface area contributed by atoms with Gasteiger partial charge >= 0.3 is 0 Å². The second kappa shape index (κ2) is 8.39. The molecule has 8 heteroatoms. The minimum atomic E-state index is -1.10. The van der Waals surface area contributed by atoms with Crippen LogP contribution < -0.4 is 10.6 Å². The number of aryl methyl sites for hydroxylation is 2. The van der Waals surface area contributed by atoms with Crippen molar-refractivity contribution in [2.45, 2.75) is 20.0 Å². The van der Waals surface area contributed by atoms with Crippen molar-refractivity contribution in [3.8, 4) is 0 Å². The van der Waals surface area contributed by atoms with Gasteiger partial charge in [-0.3, -0.25) is 19.7 Å². The van der Waals surface area contributed by atoms with Crippen molar-refractivity contribution in [2.24, 2.45) is 0 Å². The molecular formula is C21H19N3O5. The molecule has 0 fully saturated rings. The van der Waals surface area contributed by atoms with Crippen LogP contribution in [0.2, 0.25) is 0 Å². The van der Waals surface area contributed by atoms with Crippen LogP contribution in [0.3, 0.4) is 0 Å². The van der Waals surface area contributed by atoms with E-state index in [4.69, 9.17) is 4.42 Å². The van der Waals surface area contributed by atoms with Crippen LogP contribution in [0.5, 0.6) is 0 Å². The fourth-order valence-electron chi connectivity index (χ4n) is 2.74. The predicted octanol–water partition coefficient (Wildman–Crippen LogP) is 3.86. The van der Waals surface area contributed by atoms with Crippen molar-refractivity contribution in [2.75, 3.05) is 5.32 Å². The largest absolute Gasteiger partial charge is 0.459 e. The third-order valence-corrected chi connectivity index (χ3v) is 4.34. The fraction of sp³-hybridized carbons (Fsp3) is 0.143. The highest BCUT2D eigenvalue weighted by atomic mass is 16.6.